The summed E-state index contributed by atoms with van der Waals surface area (Å²) in [7, 11) is 0. The lowest BCUT2D eigenvalue weighted by Gasteiger charge is -2.25. The van der Waals surface area contributed by atoms with Crippen LogP contribution in [0.4, 0.5) is 5.69 Å². The zero-order chi connectivity index (χ0) is 19.7. The molecule has 0 fully saturated rings. The third-order valence-corrected chi connectivity index (χ3v) is 5.16. The number of nitrogens with zero attached hydrogens (tertiary/aromatic N) is 1. The molecule has 0 aliphatic heterocycles. The molecule has 4 heteroatoms. The fourth-order valence-corrected chi connectivity index (χ4v) is 3.42. The number of benzene rings is 1. The van der Waals surface area contributed by atoms with E-state index in [0.717, 1.165) is 13.1 Å². The molecule has 0 bridgehead atoms. The van der Waals surface area contributed by atoms with Gasteiger partial charge in [0.1, 0.15) is 0 Å². The molecule has 1 aromatic rings. The standard InChI is InChI=1S/C23H40N2O2/c1-3-5-7-9-11-13-19-25(20-14-12-10-8-6-4-2)22-17-15-21(16-18-22)23(26)24-27/h15-18,27H,3-14,19-20H2,1-2H3,(H,24,26). The summed E-state index contributed by atoms with van der Waals surface area (Å²) in [4.78, 5) is 14.0. The van der Waals surface area contributed by atoms with Crippen LogP contribution in [0.2, 0.25) is 0 Å². The minimum atomic E-state index is -0.458. The molecule has 2 N–H and O–H groups in total. The molecular formula is C23H40N2O2. The Labute approximate surface area is 166 Å². The van der Waals surface area contributed by atoms with Crippen molar-refractivity contribution in [3.8, 4) is 0 Å². The number of hydrogen-bond acceptors (Lipinski definition) is 3. The first kappa shape index (κ1) is 23.5. The number of nitrogens with one attached hydrogen (secondary N) is 1. The van der Waals surface area contributed by atoms with Crippen molar-refractivity contribution in [2.75, 3.05) is 18.0 Å². The third-order valence-electron chi connectivity index (χ3n) is 5.16. The van der Waals surface area contributed by atoms with Gasteiger partial charge in [0.2, 0.25) is 0 Å². The van der Waals surface area contributed by atoms with E-state index < -0.39 is 5.91 Å². The SMILES string of the molecule is CCCCCCCCN(CCCCCCCC)c1ccc(C(=O)NO)cc1. The first-order chi connectivity index (χ1) is 13.2. The molecule has 0 unspecified atom stereocenters. The zero-order valence-electron chi connectivity index (χ0n) is 17.5. The molecule has 0 atom stereocenters. The van der Waals surface area contributed by atoms with Crippen LogP contribution in [0.5, 0.6) is 0 Å². The molecule has 1 amide bonds. The van der Waals surface area contributed by atoms with Gasteiger partial charge < -0.3 is 4.90 Å². The maximum Gasteiger partial charge on any atom is 0.274 e. The van der Waals surface area contributed by atoms with Gasteiger partial charge in [-0.25, -0.2) is 5.48 Å². The highest BCUT2D eigenvalue weighted by Crippen LogP contribution is 2.18. The first-order valence-corrected chi connectivity index (χ1v) is 11.0. The molecule has 0 heterocycles. The van der Waals surface area contributed by atoms with Gasteiger partial charge in [0, 0.05) is 24.3 Å². The van der Waals surface area contributed by atoms with Crippen LogP contribution in [-0.4, -0.2) is 24.2 Å². The van der Waals surface area contributed by atoms with Gasteiger partial charge in [-0.2, -0.15) is 0 Å². The summed E-state index contributed by atoms with van der Waals surface area (Å²) in [5, 5.41) is 8.77. The second-order valence-corrected chi connectivity index (χ2v) is 7.51. The molecule has 0 saturated heterocycles. The van der Waals surface area contributed by atoms with Crippen LogP contribution in [-0.2, 0) is 0 Å². The van der Waals surface area contributed by atoms with Crippen LogP contribution in [0.1, 0.15) is 101 Å². The fraction of sp³-hybridized carbons (Fsp3) is 0.696. The number of anilines is 1. The van der Waals surface area contributed by atoms with Crippen molar-refractivity contribution < 1.29 is 10.0 Å². The number of hydrogen-bond donors (Lipinski definition) is 2. The van der Waals surface area contributed by atoms with E-state index in [1.165, 1.54) is 82.7 Å². The largest absolute Gasteiger partial charge is 0.372 e. The number of hydroxylamine groups is 1. The second kappa shape index (κ2) is 15.5. The number of carbonyl (C=O) groups excluding carboxylic acids is 1. The van der Waals surface area contributed by atoms with Gasteiger partial charge in [0.15, 0.2) is 0 Å². The minimum absolute atomic E-state index is 0.458. The van der Waals surface area contributed by atoms with Crippen molar-refractivity contribution in [3.05, 3.63) is 29.8 Å². The second-order valence-electron chi connectivity index (χ2n) is 7.51. The van der Waals surface area contributed by atoms with Gasteiger partial charge >= 0.3 is 0 Å². The number of rotatable bonds is 16. The van der Waals surface area contributed by atoms with Gasteiger partial charge in [-0.05, 0) is 37.1 Å². The van der Waals surface area contributed by atoms with Gasteiger partial charge in [0.25, 0.3) is 5.91 Å². The lowest BCUT2D eigenvalue weighted by Crippen LogP contribution is -2.26. The van der Waals surface area contributed by atoms with Crippen molar-refractivity contribution in [2.24, 2.45) is 0 Å². The lowest BCUT2D eigenvalue weighted by atomic mass is 10.1. The molecule has 27 heavy (non-hydrogen) atoms. The molecule has 1 rings (SSSR count). The predicted octanol–water partition coefficient (Wildman–Crippen LogP) is 6.33. The minimum Gasteiger partial charge on any atom is -0.372 e. The van der Waals surface area contributed by atoms with Gasteiger partial charge in [0.05, 0.1) is 0 Å². The summed E-state index contributed by atoms with van der Waals surface area (Å²) in [6.07, 6.45) is 15.6. The number of amides is 1. The Balaban J connectivity index is 2.51. The maximum atomic E-state index is 11.5. The fourth-order valence-electron chi connectivity index (χ4n) is 3.42. The molecule has 0 aliphatic rings. The van der Waals surface area contributed by atoms with Crippen molar-refractivity contribution >= 4 is 11.6 Å². The third kappa shape index (κ3) is 10.4. The number of unbranched alkanes of at least 4 members (excludes halogenated alkanes) is 10. The van der Waals surface area contributed by atoms with E-state index in [2.05, 4.69) is 18.7 Å². The number of carbonyl (C=O) groups is 1. The highest BCUT2D eigenvalue weighted by molar-refractivity contribution is 5.93. The van der Waals surface area contributed by atoms with Crippen molar-refractivity contribution in [1.29, 1.82) is 0 Å². The van der Waals surface area contributed by atoms with Crippen molar-refractivity contribution in [2.45, 2.75) is 90.9 Å². The van der Waals surface area contributed by atoms with E-state index in [9.17, 15) is 4.79 Å². The van der Waals surface area contributed by atoms with E-state index in [4.69, 9.17) is 5.21 Å². The highest BCUT2D eigenvalue weighted by Gasteiger charge is 2.09. The summed E-state index contributed by atoms with van der Waals surface area (Å²) in [6.45, 7) is 6.66. The van der Waals surface area contributed by atoms with Crippen LogP contribution >= 0.6 is 0 Å². The topological polar surface area (TPSA) is 52.6 Å². The highest BCUT2D eigenvalue weighted by atomic mass is 16.5. The Hall–Kier alpha value is -1.55. The smallest absolute Gasteiger partial charge is 0.274 e. The lowest BCUT2D eigenvalue weighted by molar-refractivity contribution is 0.0706. The van der Waals surface area contributed by atoms with Crippen molar-refractivity contribution in [1.82, 2.24) is 5.48 Å². The van der Waals surface area contributed by atoms with Crippen LogP contribution in [0.15, 0.2) is 24.3 Å². The molecule has 0 radical (unpaired) electrons. The monoisotopic (exact) mass is 376 g/mol. The summed E-state index contributed by atoms with van der Waals surface area (Å²) in [5.41, 5.74) is 3.35. The average Bonchev–Trinajstić information content (AvgIpc) is 2.71. The van der Waals surface area contributed by atoms with Crippen LogP contribution < -0.4 is 10.4 Å². The maximum absolute atomic E-state index is 11.5. The van der Waals surface area contributed by atoms with E-state index in [1.807, 2.05) is 12.1 Å². The average molecular weight is 377 g/mol. The Morgan fingerprint density at radius 1 is 0.778 bits per heavy atom. The molecule has 0 aromatic heterocycles. The Kier molecular flexibility index (Phi) is 13.5. The zero-order valence-corrected chi connectivity index (χ0v) is 17.5. The van der Waals surface area contributed by atoms with Gasteiger partial charge in [-0.1, -0.05) is 78.1 Å². The summed E-state index contributed by atoms with van der Waals surface area (Å²) >= 11 is 0. The predicted molar refractivity (Wildman–Crippen MR) is 115 cm³/mol. The normalized spacial score (nSPS) is 10.8. The summed E-state index contributed by atoms with van der Waals surface area (Å²) < 4.78 is 0. The Bertz CT molecular complexity index is 472. The molecule has 0 aliphatic carbocycles. The van der Waals surface area contributed by atoms with Gasteiger partial charge in [-0.3, -0.25) is 10.0 Å². The molecule has 4 nitrogen and oxygen atoms in total. The van der Waals surface area contributed by atoms with E-state index in [0.29, 0.717) is 5.56 Å². The van der Waals surface area contributed by atoms with E-state index >= 15 is 0 Å². The molecule has 154 valence electrons. The van der Waals surface area contributed by atoms with Crippen LogP contribution in [0.3, 0.4) is 0 Å². The Morgan fingerprint density at radius 2 is 1.22 bits per heavy atom. The summed E-state index contributed by atoms with van der Waals surface area (Å²) in [5.74, 6) is -0.458. The quantitative estimate of drug-likeness (QED) is 0.201. The van der Waals surface area contributed by atoms with Crippen LogP contribution in [0.25, 0.3) is 0 Å². The molecule has 0 spiro atoms. The van der Waals surface area contributed by atoms with Crippen molar-refractivity contribution in [3.63, 3.8) is 0 Å². The van der Waals surface area contributed by atoms with Crippen LogP contribution in [0, 0.1) is 0 Å². The molecule has 0 saturated carbocycles. The van der Waals surface area contributed by atoms with Gasteiger partial charge in [-0.15, -0.1) is 0 Å². The Morgan fingerprint density at radius 3 is 1.67 bits per heavy atom. The van der Waals surface area contributed by atoms with E-state index in [1.54, 1.807) is 17.6 Å². The molecule has 1 aromatic carbocycles. The van der Waals surface area contributed by atoms with E-state index in [-0.39, 0.29) is 0 Å². The molecular weight excluding hydrogens is 336 g/mol. The summed E-state index contributed by atoms with van der Waals surface area (Å²) in [6, 6.07) is 7.57. The first-order valence-electron chi connectivity index (χ1n) is 11.0.